The predicted octanol–water partition coefficient (Wildman–Crippen LogP) is 1.75. The SMILES string of the molecule is OC(O)O[Si]CCCCc1cc(F)c(F)cc1F. The van der Waals surface area contributed by atoms with Crippen LogP contribution in [0.15, 0.2) is 12.1 Å². The number of hydrogen-bond acceptors (Lipinski definition) is 3. The summed E-state index contributed by atoms with van der Waals surface area (Å²) >= 11 is 0. The number of benzene rings is 1. The van der Waals surface area contributed by atoms with Gasteiger partial charge in [0, 0.05) is 6.07 Å². The zero-order valence-corrected chi connectivity index (χ0v) is 10.5. The molecule has 1 rings (SSSR count). The maximum Gasteiger partial charge on any atom is 0.256 e. The highest BCUT2D eigenvalue weighted by atomic mass is 28.2. The molecule has 1 aromatic rings. The average molecular weight is 278 g/mol. The van der Waals surface area contributed by atoms with Gasteiger partial charge in [-0.2, -0.15) is 0 Å². The van der Waals surface area contributed by atoms with Crippen LogP contribution in [-0.4, -0.2) is 26.5 Å². The maximum atomic E-state index is 13.2. The van der Waals surface area contributed by atoms with Gasteiger partial charge in [-0.05, 0) is 30.5 Å². The highest BCUT2D eigenvalue weighted by Gasteiger charge is 2.09. The average Bonchev–Trinajstić information content (AvgIpc) is 2.29. The Labute approximate surface area is 105 Å². The van der Waals surface area contributed by atoms with E-state index in [9.17, 15) is 13.2 Å². The third-order valence-electron chi connectivity index (χ3n) is 2.25. The van der Waals surface area contributed by atoms with Crippen molar-refractivity contribution in [3.8, 4) is 0 Å². The first-order valence-corrected chi connectivity index (χ1v) is 6.50. The van der Waals surface area contributed by atoms with Crippen molar-refractivity contribution in [3.05, 3.63) is 35.1 Å². The summed E-state index contributed by atoms with van der Waals surface area (Å²) in [5, 5.41) is 16.8. The molecule has 2 N–H and O–H groups in total. The lowest BCUT2D eigenvalue weighted by molar-refractivity contribution is -0.180. The van der Waals surface area contributed by atoms with Gasteiger partial charge in [-0.1, -0.05) is 6.42 Å². The molecular weight excluding hydrogens is 265 g/mol. The van der Waals surface area contributed by atoms with Crippen LogP contribution in [0.5, 0.6) is 0 Å². The van der Waals surface area contributed by atoms with Crippen molar-refractivity contribution in [1.29, 1.82) is 0 Å². The van der Waals surface area contributed by atoms with Crippen LogP contribution in [0.1, 0.15) is 18.4 Å². The zero-order valence-electron chi connectivity index (χ0n) is 9.50. The van der Waals surface area contributed by atoms with Crippen LogP contribution in [-0.2, 0) is 10.8 Å². The van der Waals surface area contributed by atoms with E-state index in [1.165, 1.54) is 0 Å². The highest BCUT2D eigenvalue weighted by Crippen LogP contribution is 2.16. The van der Waals surface area contributed by atoms with E-state index in [1.807, 2.05) is 0 Å². The molecule has 0 fully saturated rings. The molecule has 100 valence electrons. The van der Waals surface area contributed by atoms with Crippen molar-refractivity contribution in [3.63, 3.8) is 0 Å². The van der Waals surface area contributed by atoms with Gasteiger partial charge in [0.05, 0.1) is 0 Å². The molecule has 1 aromatic carbocycles. The van der Waals surface area contributed by atoms with Crippen LogP contribution < -0.4 is 0 Å². The number of unbranched alkanes of at least 4 members (excludes halogenated alkanes) is 1. The van der Waals surface area contributed by atoms with Gasteiger partial charge in [-0.25, -0.2) is 13.2 Å². The Morgan fingerprint density at radius 2 is 1.72 bits per heavy atom. The van der Waals surface area contributed by atoms with Crippen molar-refractivity contribution in [1.82, 2.24) is 0 Å². The largest absolute Gasteiger partial charge is 0.372 e. The number of aliphatic hydroxyl groups is 2. The summed E-state index contributed by atoms with van der Waals surface area (Å²) in [4.78, 5) is 0. The number of aryl methyl sites for hydroxylation is 1. The third kappa shape index (κ3) is 5.17. The molecule has 2 radical (unpaired) electrons. The first-order chi connectivity index (χ1) is 8.50. The second kappa shape index (κ2) is 7.52. The Hall–Kier alpha value is -0.893. The Bertz CT molecular complexity index is 388. The second-order valence-corrected chi connectivity index (χ2v) is 4.68. The van der Waals surface area contributed by atoms with E-state index in [0.717, 1.165) is 6.07 Å². The Morgan fingerprint density at radius 3 is 2.39 bits per heavy atom. The molecule has 0 saturated carbocycles. The Balaban J connectivity index is 2.29. The lowest BCUT2D eigenvalue weighted by atomic mass is 10.1. The normalized spacial score (nSPS) is 11.2. The fourth-order valence-corrected chi connectivity index (χ4v) is 2.06. The van der Waals surface area contributed by atoms with E-state index in [1.54, 1.807) is 0 Å². The molecule has 0 aliphatic rings. The first-order valence-electron chi connectivity index (χ1n) is 5.38. The molecule has 0 unspecified atom stereocenters. The molecule has 3 nitrogen and oxygen atoms in total. The van der Waals surface area contributed by atoms with E-state index in [0.29, 0.717) is 31.4 Å². The predicted molar refractivity (Wildman–Crippen MR) is 59.1 cm³/mol. The minimum Gasteiger partial charge on any atom is -0.372 e. The molecule has 0 spiro atoms. The molecule has 0 bridgehead atoms. The Morgan fingerprint density at radius 1 is 1.06 bits per heavy atom. The number of rotatable bonds is 7. The van der Waals surface area contributed by atoms with Crippen LogP contribution >= 0.6 is 0 Å². The van der Waals surface area contributed by atoms with Gasteiger partial charge in [0.2, 0.25) is 9.76 Å². The summed E-state index contributed by atoms with van der Waals surface area (Å²) in [6, 6.07) is 2.00. The van der Waals surface area contributed by atoms with Crippen molar-refractivity contribution in [2.24, 2.45) is 0 Å². The fourth-order valence-electron chi connectivity index (χ4n) is 1.40. The van der Waals surface area contributed by atoms with Gasteiger partial charge < -0.3 is 14.6 Å². The minimum atomic E-state index is -1.77. The molecule has 0 saturated heterocycles. The zero-order chi connectivity index (χ0) is 13.5. The number of aliphatic hydroxyl groups excluding tert-OH is 1. The summed E-state index contributed by atoms with van der Waals surface area (Å²) in [5.41, 5.74) is 0.139. The minimum absolute atomic E-state index is 0.0548. The van der Waals surface area contributed by atoms with Crippen molar-refractivity contribution in [2.45, 2.75) is 31.8 Å². The molecule has 0 amide bonds. The van der Waals surface area contributed by atoms with Gasteiger partial charge in [0.25, 0.3) is 6.48 Å². The van der Waals surface area contributed by atoms with Crippen LogP contribution in [0.25, 0.3) is 0 Å². The summed E-state index contributed by atoms with van der Waals surface area (Å²) in [6.45, 7) is -1.77. The molecule has 0 heterocycles. The molecule has 0 atom stereocenters. The van der Waals surface area contributed by atoms with E-state index in [2.05, 4.69) is 4.43 Å². The van der Waals surface area contributed by atoms with E-state index >= 15 is 0 Å². The summed E-state index contributed by atoms with van der Waals surface area (Å²) in [6.07, 6.45) is 1.55. The van der Waals surface area contributed by atoms with Crippen molar-refractivity contribution < 1.29 is 27.8 Å². The van der Waals surface area contributed by atoms with Crippen molar-refractivity contribution in [2.75, 3.05) is 0 Å². The number of halogens is 3. The lowest BCUT2D eigenvalue weighted by Crippen LogP contribution is -2.13. The van der Waals surface area contributed by atoms with Crippen LogP contribution in [0, 0.1) is 17.5 Å². The molecule has 0 aliphatic heterocycles. The van der Waals surface area contributed by atoms with Crippen LogP contribution in [0.4, 0.5) is 13.2 Å². The topological polar surface area (TPSA) is 49.7 Å². The van der Waals surface area contributed by atoms with Gasteiger partial charge >= 0.3 is 0 Å². The molecule has 18 heavy (non-hydrogen) atoms. The monoisotopic (exact) mass is 278 g/mol. The maximum absolute atomic E-state index is 13.2. The molecule has 7 heteroatoms. The lowest BCUT2D eigenvalue weighted by Gasteiger charge is -2.05. The van der Waals surface area contributed by atoms with Crippen LogP contribution in [0.2, 0.25) is 6.04 Å². The third-order valence-corrected chi connectivity index (χ3v) is 3.19. The molecular formula is C11H13F3O3Si. The van der Waals surface area contributed by atoms with E-state index in [4.69, 9.17) is 10.2 Å². The first kappa shape index (κ1) is 15.2. The smallest absolute Gasteiger partial charge is 0.256 e. The molecule has 0 aromatic heterocycles. The summed E-state index contributed by atoms with van der Waals surface area (Å²) < 4.78 is 43.2. The fraction of sp³-hybridized carbons (Fsp3) is 0.455. The standard InChI is InChI=1S/C11H13F3O3Si/c12-8-6-10(14)9(13)5-7(8)3-1-2-4-18-17-11(15)16/h5-6,11,15-16H,1-4H2. The van der Waals surface area contributed by atoms with Gasteiger partial charge in [-0.15, -0.1) is 0 Å². The van der Waals surface area contributed by atoms with Gasteiger partial charge in [0.15, 0.2) is 11.6 Å². The van der Waals surface area contributed by atoms with E-state index in [-0.39, 0.29) is 15.3 Å². The summed E-state index contributed by atoms with van der Waals surface area (Å²) in [7, 11) is -0.0548. The van der Waals surface area contributed by atoms with Crippen LogP contribution in [0.3, 0.4) is 0 Å². The molecule has 0 aliphatic carbocycles. The summed E-state index contributed by atoms with van der Waals surface area (Å²) in [5.74, 6) is -3.00. The second-order valence-electron chi connectivity index (χ2n) is 3.65. The van der Waals surface area contributed by atoms with Gasteiger partial charge in [-0.3, -0.25) is 0 Å². The quantitative estimate of drug-likeness (QED) is 0.346. The number of hydrogen-bond donors (Lipinski definition) is 2. The van der Waals surface area contributed by atoms with Gasteiger partial charge in [0.1, 0.15) is 5.82 Å². The Kier molecular flexibility index (Phi) is 6.34. The highest BCUT2D eigenvalue weighted by molar-refractivity contribution is 6.26. The van der Waals surface area contributed by atoms with Crippen molar-refractivity contribution >= 4 is 9.76 Å². The van der Waals surface area contributed by atoms with E-state index < -0.39 is 23.9 Å².